The van der Waals surface area contributed by atoms with Crippen molar-refractivity contribution in [3.05, 3.63) is 35.6 Å². The van der Waals surface area contributed by atoms with Crippen LogP contribution in [-0.2, 0) is 5.41 Å². The molecular weight excluding hydrogens is 241 g/mol. The molecule has 0 radical (unpaired) electrons. The number of nitrogens with zero attached hydrogens (tertiary/aromatic N) is 2. The normalized spacial score (nSPS) is 44.3. The summed E-state index contributed by atoms with van der Waals surface area (Å²) in [6.45, 7) is 6.16. The molecule has 4 heteroatoms. The van der Waals surface area contributed by atoms with Gasteiger partial charge < -0.3 is 15.5 Å². The molecule has 0 saturated carbocycles. The summed E-state index contributed by atoms with van der Waals surface area (Å²) in [4.78, 5) is 4.96. The number of fused-ring (bicyclic) bond motifs is 1. The number of nitrogens with two attached hydrogens (primary N) is 1. The summed E-state index contributed by atoms with van der Waals surface area (Å²) in [5.74, 6) is 0.381. The molecule has 3 nitrogen and oxygen atoms in total. The summed E-state index contributed by atoms with van der Waals surface area (Å²) in [5.41, 5.74) is 7.16. The molecular formula is C15H20FN3. The highest BCUT2D eigenvalue weighted by Crippen LogP contribution is 2.42. The zero-order chi connectivity index (χ0) is 13.0. The molecule has 4 bridgehead atoms. The molecule has 0 aromatic heterocycles. The summed E-state index contributed by atoms with van der Waals surface area (Å²) >= 11 is 0. The van der Waals surface area contributed by atoms with Gasteiger partial charge in [-0.3, -0.25) is 0 Å². The summed E-state index contributed by atoms with van der Waals surface area (Å²) < 4.78 is 14.3. The molecule has 3 unspecified atom stereocenters. The van der Waals surface area contributed by atoms with Crippen molar-refractivity contribution in [3.63, 3.8) is 0 Å². The monoisotopic (exact) mass is 261 g/mol. The van der Waals surface area contributed by atoms with Crippen molar-refractivity contribution in [2.24, 2.45) is 11.7 Å². The lowest BCUT2D eigenvalue weighted by Crippen LogP contribution is -2.69. The van der Waals surface area contributed by atoms with Crippen LogP contribution in [-0.4, -0.2) is 55.1 Å². The van der Waals surface area contributed by atoms with E-state index in [0.717, 1.165) is 44.8 Å². The van der Waals surface area contributed by atoms with Crippen LogP contribution in [0.3, 0.4) is 0 Å². The van der Waals surface area contributed by atoms with E-state index in [-0.39, 0.29) is 17.3 Å². The van der Waals surface area contributed by atoms with E-state index < -0.39 is 0 Å². The van der Waals surface area contributed by atoms with Gasteiger partial charge in [0.05, 0.1) is 0 Å². The van der Waals surface area contributed by atoms with Crippen LogP contribution in [0.2, 0.25) is 0 Å². The van der Waals surface area contributed by atoms with E-state index in [4.69, 9.17) is 5.73 Å². The van der Waals surface area contributed by atoms with Crippen LogP contribution in [0.15, 0.2) is 24.3 Å². The highest BCUT2D eigenvalue weighted by molar-refractivity contribution is 5.34. The van der Waals surface area contributed by atoms with Crippen LogP contribution in [0, 0.1) is 11.7 Å². The van der Waals surface area contributed by atoms with Gasteiger partial charge in [-0.25, -0.2) is 4.39 Å². The summed E-state index contributed by atoms with van der Waals surface area (Å²) in [5, 5.41) is 0. The Kier molecular flexibility index (Phi) is 2.50. The van der Waals surface area contributed by atoms with E-state index in [1.165, 1.54) is 0 Å². The van der Waals surface area contributed by atoms with Crippen LogP contribution < -0.4 is 5.73 Å². The summed E-state index contributed by atoms with van der Waals surface area (Å²) in [6, 6.07) is 7.28. The predicted octanol–water partition coefficient (Wildman–Crippen LogP) is 0.652. The van der Waals surface area contributed by atoms with Crippen molar-refractivity contribution in [2.75, 3.05) is 39.3 Å². The number of rotatable bonds is 1. The minimum absolute atomic E-state index is 0.0787. The fourth-order valence-corrected chi connectivity index (χ4v) is 4.43. The number of hydrogen-bond donors (Lipinski definition) is 1. The van der Waals surface area contributed by atoms with E-state index in [1.54, 1.807) is 12.1 Å². The van der Waals surface area contributed by atoms with Gasteiger partial charge in [-0.15, -0.1) is 0 Å². The van der Waals surface area contributed by atoms with Crippen LogP contribution in [0.4, 0.5) is 4.39 Å². The highest BCUT2D eigenvalue weighted by Gasteiger charge is 2.54. The number of hydrogen-bond acceptors (Lipinski definition) is 3. The first kappa shape index (κ1) is 11.8. The fourth-order valence-electron chi connectivity index (χ4n) is 4.43. The van der Waals surface area contributed by atoms with Crippen molar-refractivity contribution in [3.8, 4) is 0 Å². The van der Waals surface area contributed by atoms with Crippen LogP contribution in [0.25, 0.3) is 0 Å². The zero-order valence-electron chi connectivity index (χ0n) is 11.1. The smallest absolute Gasteiger partial charge is 0.127 e. The third-order valence-electron chi connectivity index (χ3n) is 5.29. The second-order valence-corrected chi connectivity index (χ2v) is 6.39. The van der Waals surface area contributed by atoms with Crippen molar-refractivity contribution in [2.45, 2.75) is 11.5 Å². The van der Waals surface area contributed by atoms with Gasteiger partial charge >= 0.3 is 0 Å². The van der Waals surface area contributed by atoms with Crippen LogP contribution in [0.1, 0.15) is 5.56 Å². The molecule has 0 amide bonds. The average Bonchev–Trinajstić information content (AvgIpc) is 2.64. The third kappa shape index (κ3) is 1.60. The molecule has 3 atom stereocenters. The lowest BCUT2D eigenvalue weighted by Gasteiger charge is -2.54. The Balaban J connectivity index is 1.86. The van der Waals surface area contributed by atoms with E-state index in [2.05, 4.69) is 9.80 Å². The average molecular weight is 261 g/mol. The SMILES string of the molecule is NC1C2CN3CCN(C2)CC1(c1ccccc1F)C3. The molecule has 4 aliphatic heterocycles. The van der Waals surface area contributed by atoms with Gasteiger partial charge in [0.15, 0.2) is 0 Å². The van der Waals surface area contributed by atoms with Gasteiger partial charge in [-0.2, -0.15) is 0 Å². The Bertz CT molecular complexity index is 488. The van der Waals surface area contributed by atoms with Crippen molar-refractivity contribution in [1.29, 1.82) is 0 Å². The minimum Gasteiger partial charge on any atom is -0.326 e. The number of piperidine rings is 2. The van der Waals surface area contributed by atoms with Gasteiger partial charge in [0.2, 0.25) is 0 Å². The molecule has 2 N–H and O–H groups in total. The molecule has 102 valence electrons. The van der Waals surface area contributed by atoms with Gasteiger partial charge in [0, 0.05) is 56.6 Å². The largest absolute Gasteiger partial charge is 0.326 e. The Morgan fingerprint density at radius 3 is 2.37 bits per heavy atom. The van der Waals surface area contributed by atoms with Crippen molar-refractivity contribution < 1.29 is 4.39 Å². The molecule has 4 aliphatic rings. The first-order chi connectivity index (χ1) is 9.19. The highest BCUT2D eigenvalue weighted by atomic mass is 19.1. The maximum absolute atomic E-state index is 14.3. The molecule has 4 fully saturated rings. The summed E-state index contributed by atoms with van der Waals surface area (Å²) in [6.07, 6.45) is 0. The molecule has 0 aliphatic carbocycles. The maximum atomic E-state index is 14.3. The van der Waals surface area contributed by atoms with Gasteiger partial charge in [-0.05, 0) is 11.6 Å². The fraction of sp³-hybridized carbons (Fsp3) is 0.600. The van der Waals surface area contributed by atoms with Crippen LogP contribution >= 0.6 is 0 Å². The third-order valence-corrected chi connectivity index (χ3v) is 5.29. The number of halogens is 1. The predicted molar refractivity (Wildman–Crippen MR) is 72.4 cm³/mol. The maximum Gasteiger partial charge on any atom is 0.127 e. The lowest BCUT2D eigenvalue weighted by atomic mass is 9.64. The first-order valence-corrected chi connectivity index (χ1v) is 7.14. The van der Waals surface area contributed by atoms with E-state index in [9.17, 15) is 4.39 Å². The van der Waals surface area contributed by atoms with E-state index in [0.29, 0.717) is 5.92 Å². The van der Waals surface area contributed by atoms with E-state index >= 15 is 0 Å². The molecule has 5 rings (SSSR count). The lowest BCUT2D eigenvalue weighted by molar-refractivity contribution is 0.0334. The van der Waals surface area contributed by atoms with Crippen molar-refractivity contribution in [1.82, 2.24) is 9.80 Å². The molecule has 1 aromatic rings. The molecule has 1 aromatic carbocycles. The molecule has 19 heavy (non-hydrogen) atoms. The topological polar surface area (TPSA) is 32.5 Å². The Morgan fingerprint density at radius 2 is 1.74 bits per heavy atom. The molecule has 4 saturated heterocycles. The minimum atomic E-state index is -0.219. The van der Waals surface area contributed by atoms with Crippen molar-refractivity contribution >= 4 is 0 Å². The quantitative estimate of drug-likeness (QED) is 0.806. The Labute approximate surface area is 113 Å². The Hall–Kier alpha value is -0.970. The second kappa shape index (κ2) is 4.01. The van der Waals surface area contributed by atoms with Gasteiger partial charge in [0.1, 0.15) is 5.82 Å². The van der Waals surface area contributed by atoms with Gasteiger partial charge in [0.25, 0.3) is 0 Å². The second-order valence-electron chi connectivity index (χ2n) is 6.39. The van der Waals surface area contributed by atoms with E-state index in [1.807, 2.05) is 12.1 Å². The molecule has 4 heterocycles. The standard InChI is InChI=1S/C15H20FN3/c16-13-4-2-1-3-12(13)15-9-18-5-6-19(10-15)8-11(7-18)14(15)17/h1-4,11,14H,5-10,17H2. The first-order valence-electron chi connectivity index (χ1n) is 7.14. The zero-order valence-corrected chi connectivity index (χ0v) is 11.1. The summed E-state index contributed by atoms with van der Waals surface area (Å²) in [7, 11) is 0. The molecule has 0 spiro atoms. The van der Waals surface area contributed by atoms with Gasteiger partial charge in [-0.1, -0.05) is 18.2 Å². The van der Waals surface area contributed by atoms with Crippen LogP contribution in [0.5, 0.6) is 0 Å². The number of benzene rings is 1. The Morgan fingerprint density at radius 1 is 1.11 bits per heavy atom.